The Bertz CT molecular complexity index is 530. The fourth-order valence-corrected chi connectivity index (χ4v) is 2.53. The third-order valence-corrected chi connectivity index (χ3v) is 3.43. The van der Waals surface area contributed by atoms with Crippen molar-refractivity contribution >= 4 is 19.6 Å². The molecule has 0 radical (unpaired) electrons. The molecule has 2 amide bonds. The second-order valence-electron chi connectivity index (χ2n) is 4.45. The van der Waals surface area contributed by atoms with E-state index in [2.05, 4.69) is 10.6 Å². The first-order valence-corrected chi connectivity index (χ1v) is 7.90. The van der Waals surface area contributed by atoms with Crippen molar-refractivity contribution in [3.05, 3.63) is 35.9 Å². The molecule has 9 heteroatoms. The van der Waals surface area contributed by atoms with Crippen LogP contribution in [0, 0.1) is 0 Å². The molecular weight excluding hydrogens is 299 g/mol. The van der Waals surface area contributed by atoms with Crippen LogP contribution < -0.4 is 10.6 Å². The van der Waals surface area contributed by atoms with Crippen molar-refractivity contribution in [2.45, 2.75) is 12.5 Å². The van der Waals surface area contributed by atoms with Gasteiger partial charge in [0.2, 0.25) is 0 Å². The first kappa shape index (κ1) is 17.2. The Hall–Kier alpha value is -1.89. The van der Waals surface area contributed by atoms with Gasteiger partial charge in [0.25, 0.3) is 0 Å². The maximum Gasteiger partial charge on any atom is 0.327 e. The van der Waals surface area contributed by atoms with Crippen molar-refractivity contribution < 1.29 is 29.0 Å². The minimum absolute atomic E-state index is 0.229. The summed E-state index contributed by atoms with van der Waals surface area (Å²) in [5.74, 6) is -1.21. The molecule has 0 aliphatic rings. The molecule has 1 aromatic carbocycles. The number of carboxylic acid groups (broad SMARTS) is 1. The van der Waals surface area contributed by atoms with Gasteiger partial charge in [0.1, 0.15) is 6.54 Å². The monoisotopic (exact) mass is 316 g/mol. The van der Waals surface area contributed by atoms with Crippen molar-refractivity contribution in [1.29, 1.82) is 0 Å². The summed E-state index contributed by atoms with van der Waals surface area (Å²) in [6, 6.07) is 7.29. The third kappa shape index (κ3) is 8.09. The van der Waals surface area contributed by atoms with E-state index in [0.717, 1.165) is 5.56 Å². The van der Waals surface area contributed by atoms with Gasteiger partial charge < -0.3 is 25.5 Å². The Kier molecular flexibility index (Phi) is 6.36. The summed E-state index contributed by atoms with van der Waals surface area (Å²) >= 11 is 0. The zero-order valence-corrected chi connectivity index (χ0v) is 12.0. The molecule has 116 valence electrons. The Morgan fingerprint density at radius 3 is 2.33 bits per heavy atom. The molecule has 0 heterocycles. The van der Waals surface area contributed by atoms with Crippen molar-refractivity contribution in [3.63, 3.8) is 0 Å². The normalized spacial score (nSPS) is 12.5. The number of carbonyl (C=O) groups excluding carboxylic acids is 1. The first-order valence-electron chi connectivity index (χ1n) is 6.11. The van der Waals surface area contributed by atoms with Crippen LogP contribution in [0.25, 0.3) is 0 Å². The number of benzene rings is 1. The van der Waals surface area contributed by atoms with Crippen LogP contribution in [0.15, 0.2) is 30.3 Å². The lowest BCUT2D eigenvalue weighted by molar-refractivity contribution is -0.135. The van der Waals surface area contributed by atoms with Crippen molar-refractivity contribution in [2.75, 3.05) is 12.7 Å². The van der Waals surface area contributed by atoms with E-state index in [0.29, 0.717) is 0 Å². The lowest BCUT2D eigenvalue weighted by Gasteiger charge is -2.19. The summed E-state index contributed by atoms with van der Waals surface area (Å²) in [5, 5.41) is 12.9. The number of nitrogens with one attached hydrogen (secondary N) is 2. The fourth-order valence-electron chi connectivity index (χ4n) is 1.74. The zero-order chi connectivity index (χ0) is 15.9. The lowest BCUT2D eigenvalue weighted by Crippen LogP contribution is -2.46. The van der Waals surface area contributed by atoms with E-state index >= 15 is 0 Å². The maximum absolute atomic E-state index is 11.5. The Morgan fingerprint density at radius 2 is 1.81 bits per heavy atom. The molecule has 0 aliphatic carbocycles. The minimum Gasteiger partial charge on any atom is -0.480 e. The number of rotatable bonds is 7. The molecule has 1 aromatic rings. The third-order valence-electron chi connectivity index (χ3n) is 2.52. The predicted octanol–water partition coefficient (Wildman–Crippen LogP) is 0.159. The Labute approximate surface area is 121 Å². The molecule has 1 unspecified atom stereocenters. The van der Waals surface area contributed by atoms with E-state index in [1.165, 1.54) is 0 Å². The minimum atomic E-state index is -4.31. The van der Waals surface area contributed by atoms with E-state index in [1.807, 2.05) is 0 Å². The van der Waals surface area contributed by atoms with Gasteiger partial charge in [-0.3, -0.25) is 9.36 Å². The van der Waals surface area contributed by atoms with Crippen LogP contribution in [0.2, 0.25) is 0 Å². The predicted molar refractivity (Wildman–Crippen MR) is 75.0 cm³/mol. The van der Waals surface area contributed by atoms with Gasteiger partial charge in [0.05, 0.1) is 6.16 Å². The van der Waals surface area contributed by atoms with Gasteiger partial charge in [0, 0.05) is 6.04 Å². The highest BCUT2D eigenvalue weighted by Crippen LogP contribution is 2.35. The molecular formula is C12H17N2O6P. The average molecular weight is 316 g/mol. The first-order chi connectivity index (χ1) is 9.76. The molecule has 0 fully saturated rings. The van der Waals surface area contributed by atoms with E-state index < -0.39 is 38.3 Å². The summed E-state index contributed by atoms with van der Waals surface area (Å²) < 4.78 is 11.1. The van der Waals surface area contributed by atoms with Gasteiger partial charge in [-0.15, -0.1) is 0 Å². The molecule has 0 aromatic heterocycles. The Balaban J connectivity index is 2.66. The summed E-state index contributed by atoms with van der Waals surface area (Å²) in [4.78, 5) is 39.9. The van der Waals surface area contributed by atoms with Crippen molar-refractivity contribution in [3.8, 4) is 0 Å². The van der Waals surface area contributed by atoms with E-state index in [1.54, 1.807) is 30.3 Å². The van der Waals surface area contributed by atoms with Crippen LogP contribution in [0.4, 0.5) is 4.79 Å². The van der Waals surface area contributed by atoms with Gasteiger partial charge in [-0.05, 0) is 12.0 Å². The van der Waals surface area contributed by atoms with E-state index in [-0.39, 0.29) is 6.42 Å². The fraction of sp³-hybridized carbons (Fsp3) is 0.333. The molecule has 0 bridgehead atoms. The van der Waals surface area contributed by atoms with Crippen LogP contribution in [0.1, 0.15) is 5.56 Å². The number of hydrogen-bond acceptors (Lipinski definition) is 3. The molecule has 0 aliphatic heterocycles. The highest BCUT2D eigenvalue weighted by molar-refractivity contribution is 7.51. The molecule has 8 nitrogen and oxygen atoms in total. The molecule has 0 spiro atoms. The lowest BCUT2D eigenvalue weighted by atomic mass is 10.1. The second kappa shape index (κ2) is 7.78. The second-order valence-corrected chi connectivity index (χ2v) is 6.15. The van der Waals surface area contributed by atoms with E-state index in [4.69, 9.17) is 14.9 Å². The van der Waals surface area contributed by atoms with Gasteiger partial charge in [0.15, 0.2) is 0 Å². The summed E-state index contributed by atoms with van der Waals surface area (Å²) in [6.45, 7) is -0.570. The van der Waals surface area contributed by atoms with Gasteiger partial charge in [-0.25, -0.2) is 4.79 Å². The van der Waals surface area contributed by atoms with Gasteiger partial charge in [-0.1, -0.05) is 30.3 Å². The zero-order valence-electron chi connectivity index (χ0n) is 11.1. The smallest absolute Gasteiger partial charge is 0.327 e. The van der Waals surface area contributed by atoms with Crippen LogP contribution in [0.3, 0.4) is 0 Å². The topological polar surface area (TPSA) is 136 Å². The molecule has 21 heavy (non-hydrogen) atoms. The van der Waals surface area contributed by atoms with Gasteiger partial charge in [-0.2, -0.15) is 0 Å². The van der Waals surface area contributed by atoms with Crippen LogP contribution in [0.5, 0.6) is 0 Å². The summed E-state index contributed by atoms with van der Waals surface area (Å²) in [5.41, 5.74) is 0.800. The molecule has 0 saturated carbocycles. The van der Waals surface area contributed by atoms with Crippen molar-refractivity contribution in [2.24, 2.45) is 0 Å². The molecule has 0 saturated heterocycles. The molecule has 1 atom stereocenters. The standard InChI is InChI=1S/C12H17N2O6P/c15-11(16)7-13-12(17)14-10(8-21(18,19)20)6-9-4-2-1-3-5-9/h1-5,10H,6-8H2,(H,15,16)(H2,13,14,17)(H2,18,19,20). The largest absolute Gasteiger partial charge is 0.480 e. The summed E-state index contributed by atoms with van der Waals surface area (Å²) in [6.07, 6.45) is -0.297. The quantitative estimate of drug-likeness (QED) is 0.455. The Morgan fingerprint density at radius 1 is 1.19 bits per heavy atom. The highest BCUT2D eigenvalue weighted by atomic mass is 31.2. The van der Waals surface area contributed by atoms with Gasteiger partial charge >= 0.3 is 19.6 Å². The van der Waals surface area contributed by atoms with E-state index in [9.17, 15) is 14.2 Å². The van der Waals surface area contributed by atoms with Crippen LogP contribution >= 0.6 is 7.60 Å². The number of carboxylic acids is 1. The van der Waals surface area contributed by atoms with Crippen molar-refractivity contribution in [1.82, 2.24) is 10.6 Å². The van der Waals surface area contributed by atoms with Crippen LogP contribution in [-0.4, -0.2) is 45.6 Å². The maximum atomic E-state index is 11.5. The van der Waals surface area contributed by atoms with Crippen LogP contribution in [-0.2, 0) is 15.8 Å². The number of carbonyl (C=O) groups is 2. The number of aliphatic carboxylic acids is 1. The number of amides is 2. The number of urea groups is 1. The summed E-state index contributed by atoms with van der Waals surface area (Å²) in [7, 11) is -4.31. The SMILES string of the molecule is O=C(O)CNC(=O)NC(Cc1ccccc1)CP(=O)(O)O. The molecule has 5 N–H and O–H groups in total. The molecule has 1 rings (SSSR count). The number of hydrogen-bond donors (Lipinski definition) is 5. The highest BCUT2D eigenvalue weighted by Gasteiger charge is 2.23. The average Bonchev–Trinajstić information content (AvgIpc) is 2.35.